The van der Waals surface area contributed by atoms with Crippen LogP contribution >= 0.6 is 0 Å². The molecule has 0 saturated heterocycles. The summed E-state index contributed by atoms with van der Waals surface area (Å²) >= 11 is 0. The first kappa shape index (κ1) is 32.6. The smallest absolute Gasteiger partial charge is 0.260 e. The van der Waals surface area contributed by atoms with Crippen molar-refractivity contribution in [3.63, 3.8) is 0 Å². The first-order valence-corrected chi connectivity index (χ1v) is 15.3. The van der Waals surface area contributed by atoms with Crippen molar-refractivity contribution in [2.45, 2.75) is 58.0 Å². The Bertz CT molecular complexity index is 1530. The van der Waals surface area contributed by atoms with Crippen molar-refractivity contribution in [2.24, 2.45) is 5.73 Å². The van der Waals surface area contributed by atoms with Gasteiger partial charge >= 0.3 is 0 Å². The summed E-state index contributed by atoms with van der Waals surface area (Å²) in [6, 6.07) is 12.1. The normalized spacial score (nSPS) is 14.4. The van der Waals surface area contributed by atoms with Gasteiger partial charge in [0.1, 0.15) is 0 Å². The molecule has 2 unspecified atom stereocenters. The fraction of sp³-hybridized carbons (Fsp3) is 0.355. The molecule has 2 aromatic carbocycles. The second-order valence-corrected chi connectivity index (χ2v) is 12.3. The van der Waals surface area contributed by atoms with Crippen LogP contribution in [-0.2, 0) is 19.6 Å². The Balaban J connectivity index is 2.24. The Hall–Kier alpha value is -3.93. The van der Waals surface area contributed by atoms with E-state index in [4.69, 9.17) is 10.3 Å². The highest BCUT2D eigenvalue weighted by atomic mass is 32.2. The number of unbranched alkanes of at least 4 members (excludes halogenated alkanes) is 1. The monoisotopic (exact) mass is 594 g/mol. The molecule has 1 heterocycles. The maximum Gasteiger partial charge on any atom is 0.260 e. The van der Waals surface area contributed by atoms with Gasteiger partial charge in [0.05, 0.1) is 18.0 Å². The van der Waals surface area contributed by atoms with E-state index in [0.29, 0.717) is 23.3 Å². The minimum absolute atomic E-state index is 0.214. The van der Waals surface area contributed by atoms with Crippen molar-refractivity contribution in [3.05, 3.63) is 89.6 Å². The average Bonchev–Trinajstić information content (AvgIpc) is 3.49. The van der Waals surface area contributed by atoms with E-state index in [9.17, 15) is 22.8 Å². The lowest BCUT2D eigenvalue weighted by molar-refractivity contribution is -0.142. The van der Waals surface area contributed by atoms with Crippen molar-refractivity contribution in [1.82, 2.24) is 14.8 Å². The van der Waals surface area contributed by atoms with Crippen molar-refractivity contribution in [2.75, 3.05) is 12.8 Å². The molecule has 3 atom stereocenters. The lowest BCUT2D eigenvalue weighted by Gasteiger charge is -2.40. The first-order chi connectivity index (χ1) is 19.8. The number of sulfonamides is 1. The van der Waals surface area contributed by atoms with E-state index in [1.54, 1.807) is 42.5 Å². The van der Waals surface area contributed by atoms with E-state index in [0.717, 1.165) is 16.0 Å². The third-order valence-electron chi connectivity index (χ3n) is 6.99. The fourth-order valence-corrected chi connectivity index (χ4v) is 6.55. The van der Waals surface area contributed by atoms with Gasteiger partial charge in [0.25, 0.3) is 11.8 Å². The molecule has 0 bridgehead atoms. The first-order valence-electron chi connectivity index (χ1n) is 13.6. The Morgan fingerprint density at radius 1 is 1.12 bits per heavy atom. The number of hydrogen-bond donors (Lipinski definition) is 2. The minimum Gasteiger partial charge on any atom is -0.356 e. The number of amides is 2. The van der Waals surface area contributed by atoms with Crippen molar-refractivity contribution >= 4 is 27.6 Å². The fourth-order valence-electron chi connectivity index (χ4n) is 4.97. The second kappa shape index (κ2) is 13.4. The highest BCUT2D eigenvalue weighted by molar-refractivity contribution is 7.89. The number of hydrogen-bond acceptors (Lipinski definition) is 8. The predicted molar refractivity (Wildman–Crippen MR) is 161 cm³/mol. The number of nitrogens with zero attached hydrogens (tertiary/aromatic N) is 2. The summed E-state index contributed by atoms with van der Waals surface area (Å²) in [4.78, 5) is 43.0. The van der Waals surface area contributed by atoms with Crippen molar-refractivity contribution in [1.29, 1.82) is 0 Å². The molecular weight excluding hydrogens is 556 g/mol. The summed E-state index contributed by atoms with van der Waals surface area (Å²) in [6.07, 6.45) is 3.66. The minimum atomic E-state index is -4.23. The number of carbonyl (C=O) groups is 3. The van der Waals surface area contributed by atoms with Gasteiger partial charge < -0.3 is 10.3 Å². The molecule has 3 rings (SSSR count). The van der Waals surface area contributed by atoms with Crippen LogP contribution in [0.4, 0.5) is 0 Å². The number of likely N-dealkylation sites (N-methyl/N-ethyl adjacent to an activating group) is 1. The molecule has 0 radical (unpaired) electrons. The molecule has 1 aromatic heterocycles. The maximum absolute atomic E-state index is 14.5. The third-order valence-corrected chi connectivity index (χ3v) is 8.45. The van der Waals surface area contributed by atoms with Crippen LogP contribution in [0.2, 0.25) is 0 Å². The number of nitrogens with one attached hydrogen (secondary N) is 1. The largest absolute Gasteiger partial charge is 0.356 e. The molecule has 0 fully saturated rings. The van der Waals surface area contributed by atoms with Gasteiger partial charge in [-0.15, -0.1) is 6.58 Å². The molecule has 11 heteroatoms. The van der Waals surface area contributed by atoms with E-state index in [1.807, 2.05) is 26.8 Å². The SMILES string of the molecule is C=CC(c1ccc(-c2ccno2)cc1)C(NS(=O)(=O)CCCC)(C(=O)[C@H](C)N)C(=O)N(C)C(=O)c1cc(C)cc(C)c1. The zero-order chi connectivity index (χ0) is 31.2. The third kappa shape index (κ3) is 6.92. The molecular formula is C31H38N4O6S. The molecule has 0 aliphatic carbocycles. The van der Waals surface area contributed by atoms with E-state index >= 15 is 0 Å². The summed E-state index contributed by atoms with van der Waals surface area (Å²) in [5.41, 5.74) is 6.43. The summed E-state index contributed by atoms with van der Waals surface area (Å²) in [7, 11) is -3.00. The van der Waals surface area contributed by atoms with Gasteiger partial charge in [0.15, 0.2) is 17.1 Å². The quantitative estimate of drug-likeness (QED) is 0.223. The number of carbonyl (C=O) groups excluding carboxylic acids is 3. The lowest BCUT2D eigenvalue weighted by atomic mass is 9.74. The van der Waals surface area contributed by atoms with E-state index in [1.165, 1.54) is 26.2 Å². The zero-order valence-corrected chi connectivity index (χ0v) is 25.4. The Morgan fingerprint density at radius 2 is 1.74 bits per heavy atom. The number of aromatic nitrogens is 1. The molecule has 0 aliphatic heterocycles. The van der Waals surface area contributed by atoms with Crippen LogP contribution in [-0.4, -0.2) is 60.5 Å². The molecule has 224 valence electrons. The van der Waals surface area contributed by atoms with E-state index in [-0.39, 0.29) is 17.7 Å². The van der Waals surface area contributed by atoms with Gasteiger partial charge in [-0.25, -0.2) is 8.42 Å². The van der Waals surface area contributed by atoms with Gasteiger partial charge in [-0.2, -0.15) is 4.72 Å². The van der Waals surface area contributed by atoms with Crippen molar-refractivity contribution < 1.29 is 27.3 Å². The van der Waals surface area contributed by atoms with Crippen LogP contribution in [0.25, 0.3) is 11.3 Å². The van der Waals surface area contributed by atoms with Gasteiger partial charge in [-0.05, 0) is 44.9 Å². The predicted octanol–water partition coefficient (Wildman–Crippen LogP) is 3.90. The summed E-state index contributed by atoms with van der Waals surface area (Å²) in [5, 5.41) is 3.71. The molecule has 42 heavy (non-hydrogen) atoms. The number of Topliss-reactive ketones (excluding diaryl/α,β-unsaturated/α-hetero) is 1. The number of imide groups is 1. The highest BCUT2D eigenvalue weighted by Gasteiger charge is 2.56. The van der Waals surface area contributed by atoms with Gasteiger partial charge in [0, 0.05) is 30.2 Å². The standard InChI is InChI=1S/C31H38N4O6S/c1-7-9-16-42(39,40)34-31(28(36)22(5)32,30(38)35(6)29(37)25-18-20(3)17-21(4)19-25)26(8-2)23-10-12-24(13-11-23)27-14-15-33-41-27/h8,10-15,17-19,22,26,34H,2,7,9,16,32H2,1,3-6H3/t22-,26?,31?/m0/s1. The van der Waals surface area contributed by atoms with Gasteiger partial charge in [0.2, 0.25) is 10.0 Å². The van der Waals surface area contributed by atoms with Crippen LogP contribution in [0, 0.1) is 13.8 Å². The number of benzene rings is 2. The van der Waals surface area contributed by atoms with Crippen LogP contribution in [0.5, 0.6) is 0 Å². The molecule has 0 aliphatic rings. The lowest BCUT2D eigenvalue weighted by Crippen LogP contribution is -2.69. The van der Waals surface area contributed by atoms with Crippen LogP contribution in [0.3, 0.4) is 0 Å². The summed E-state index contributed by atoms with van der Waals surface area (Å²) in [6.45, 7) is 10.7. The van der Waals surface area contributed by atoms with E-state index in [2.05, 4.69) is 16.5 Å². The van der Waals surface area contributed by atoms with Gasteiger partial charge in [-0.1, -0.05) is 66.0 Å². The molecule has 0 saturated carbocycles. The highest BCUT2D eigenvalue weighted by Crippen LogP contribution is 2.36. The molecule has 0 spiro atoms. The Kier molecular flexibility index (Phi) is 10.4. The summed E-state index contributed by atoms with van der Waals surface area (Å²) in [5.74, 6) is -3.77. The molecule has 3 N–H and O–H groups in total. The van der Waals surface area contributed by atoms with Crippen LogP contribution in [0.15, 0.2) is 71.9 Å². The Morgan fingerprint density at radius 3 is 2.24 bits per heavy atom. The van der Waals surface area contributed by atoms with Crippen LogP contribution < -0.4 is 10.5 Å². The van der Waals surface area contributed by atoms with Gasteiger partial charge in [-0.3, -0.25) is 19.3 Å². The maximum atomic E-state index is 14.5. The van der Waals surface area contributed by atoms with Crippen molar-refractivity contribution in [3.8, 4) is 11.3 Å². The van der Waals surface area contributed by atoms with Crippen LogP contribution in [0.1, 0.15) is 59.7 Å². The average molecular weight is 595 g/mol. The topological polar surface area (TPSA) is 153 Å². The Labute approximate surface area is 247 Å². The summed E-state index contributed by atoms with van der Waals surface area (Å²) < 4.78 is 34.5. The van der Waals surface area contributed by atoms with E-state index < -0.39 is 45.1 Å². The molecule has 10 nitrogen and oxygen atoms in total. The second-order valence-electron chi connectivity index (χ2n) is 10.5. The molecule has 2 amide bonds. The number of ketones is 1. The number of nitrogens with two attached hydrogens (primary N) is 1. The number of rotatable bonds is 13. The molecule has 3 aromatic rings. The number of aryl methyl sites for hydroxylation is 2. The zero-order valence-electron chi connectivity index (χ0n) is 24.6.